The van der Waals surface area contributed by atoms with Crippen molar-refractivity contribution < 1.29 is 19.6 Å². The lowest BCUT2D eigenvalue weighted by atomic mass is 9.87. The van der Waals surface area contributed by atoms with Crippen molar-refractivity contribution in [1.82, 2.24) is 9.78 Å². The van der Waals surface area contributed by atoms with Gasteiger partial charge in [-0.3, -0.25) is 14.8 Å². The van der Waals surface area contributed by atoms with E-state index in [0.29, 0.717) is 11.3 Å². The maximum absolute atomic E-state index is 11.8. The SMILES string of the molecule is O=C(O)COc1cccc(C=C(Cn2cc(C(c3ccccc3)c3ccccc3)cn2)[N+](=O)[O-])c1. The monoisotopic (exact) mass is 469 g/mol. The van der Waals surface area contributed by atoms with Crippen LogP contribution in [-0.4, -0.2) is 32.4 Å². The topological polar surface area (TPSA) is 107 Å². The Balaban J connectivity index is 1.60. The number of rotatable bonds is 10. The summed E-state index contributed by atoms with van der Waals surface area (Å²) >= 11 is 0. The Kier molecular flexibility index (Phi) is 7.32. The molecule has 0 atom stereocenters. The van der Waals surface area contributed by atoms with Gasteiger partial charge in [0.15, 0.2) is 6.61 Å². The molecule has 0 aliphatic carbocycles. The molecule has 0 saturated carbocycles. The molecular weight excluding hydrogens is 446 g/mol. The van der Waals surface area contributed by atoms with Gasteiger partial charge in [0.05, 0.1) is 11.1 Å². The molecule has 3 aromatic carbocycles. The number of benzene rings is 3. The molecule has 0 spiro atoms. The van der Waals surface area contributed by atoms with Gasteiger partial charge in [0.2, 0.25) is 0 Å². The summed E-state index contributed by atoms with van der Waals surface area (Å²) < 4.78 is 6.72. The third-order valence-electron chi connectivity index (χ3n) is 5.36. The molecule has 35 heavy (non-hydrogen) atoms. The fourth-order valence-electron chi connectivity index (χ4n) is 3.84. The first-order valence-corrected chi connectivity index (χ1v) is 10.9. The van der Waals surface area contributed by atoms with Gasteiger partial charge in [-0.05, 0) is 28.8 Å². The molecule has 0 fully saturated rings. The average molecular weight is 469 g/mol. The van der Waals surface area contributed by atoms with Gasteiger partial charge >= 0.3 is 5.97 Å². The van der Waals surface area contributed by atoms with E-state index in [2.05, 4.69) is 29.4 Å². The number of nitrogens with zero attached hydrogens (tertiary/aromatic N) is 3. The number of carboxylic acids is 1. The molecule has 4 aromatic rings. The van der Waals surface area contributed by atoms with Gasteiger partial charge in [0.1, 0.15) is 12.3 Å². The Morgan fingerprint density at radius 3 is 2.26 bits per heavy atom. The zero-order valence-corrected chi connectivity index (χ0v) is 18.7. The highest BCUT2D eigenvalue weighted by Crippen LogP contribution is 2.31. The second-order valence-corrected chi connectivity index (χ2v) is 7.87. The third-order valence-corrected chi connectivity index (χ3v) is 5.36. The van der Waals surface area contributed by atoms with Crippen LogP contribution in [-0.2, 0) is 11.3 Å². The molecule has 0 saturated heterocycles. The lowest BCUT2D eigenvalue weighted by molar-refractivity contribution is -0.427. The van der Waals surface area contributed by atoms with Crippen LogP contribution in [0.3, 0.4) is 0 Å². The number of hydrogen-bond acceptors (Lipinski definition) is 5. The highest BCUT2D eigenvalue weighted by Gasteiger charge is 2.20. The average Bonchev–Trinajstić information content (AvgIpc) is 3.32. The molecule has 8 nitrogen and oxygen atoms in total. The molecule has 0 aliphatic heterocycles. The molecule has 1 heterocycles. The lowest BCUT2D eigenvalue weighted by Gasteiger charge is -2.16. The zero-order chi connectivity index (χ0) is 24.6. The van der Waals surface area contributed by atoms with Gasteiger partial charge in [0.25, 0.3) is 5.70 Å². The summed E-state index contributed by atoms with van der Waals surface area (Å²) in [6.45, 7) is -0.529. The fraction of sp³-hybridized carbons (Fsp3) is 0.111. The van der Waals surface area contributed by atoms with Crippen LogP contribution in [0.1, 0.15) is 28.2 Å². The van der Waals surface area contributed by atoms with Crippen LogP contribution >= 0.6 is 0 Å². The third kappa shape index (κ3) is 6.20. The molecular formula is C27H23N3O5. The minimum absolute atomic E-state index is 0.0382. The number of carboxylic acid groups (broad SMARTS) is 1. The van der Waals surface area contributed by atoms with Crippen LogP contribution in [0.15, 0.2) is 103 Å². The summed E-state index contributed by atoms with van der Waals surface area (Å²) in [5.41, 5.74) is 3.58. The summed E-state index contributed by atoms with van der Waals surface area (Å²) in [7, 11) is 0. The van der Waals surface area contributed by atoms with E-state index in [1.165, 1.54) is 6.08 Å². The van der Waals surface area contributed by atoms with E-state index in [1.54, 1.807) is 35.1 Å². The predicted octanol–water partition coefficient (Wildman–Crippen LogP) is 4.84. The molecule has 0 radical (unpaired) electrons. The summed E-state index contributed by atoms with van der Waals surface area (Å²) in [6, 6.07) is 26.6. The molecule has 176 valence electrons. The molecule has 0 aliphatic rings. The van der Waals surface area contributed by atoms with Crippen molar-refractivity contribution in [3.8, 4) is 5.75 Å². The van der Waals surface area contributed by atoms with E-state index in [-0.39, 0.29) is 18.2 Å². The number of allylic oxidation sites excluding steroid dienone is 1. The summed E-state index contributed by atoms with van der Waals surface area (Å²) in [5, 5.41) is 25.0. The summed E-state index contributed by atoms with van der Waals surface area (Å²) in [4.78, 5) is 22.1. The van der Waals surface area contributed by atoms with Crippen LogP contribution in [0.25, 0.3) is 6.08 Å². The highest BCUT2D eigenvalue weighted by atomic mass is 16.6. The molecule has 1 aromatic heterocycles. The normalized spacial score (nSPS) is 11.4. The Morgan fingerprint density at radius 2 is 1.66 bits per heavy atom. The predicted molar refractivity (Wildman–Crippen MR) is 131 cm³/mol. The summed E-state index contributed by atoms with van der Waals surface area (Å²) in [5.74, 6) is -0.841. The second-order valence-electron chi connectivity index (χ2n) is 7.87. The molecule has 0 unspecified atom stereocenters. The number of ether oxygens (including phenoxy) is 1. The van der Waals surface area contributed by atoms with Gasteiger partial charge in [0, 0.05) is 23.8 Å². The zero-order valence-electron chi connectivity index (χ0n) is 18.7. The van der Waals surface area contributed by atoms with Gasteiger partial charge in [-0.25, -0.2) is 4.79 Å². The number of aliphatic carboxylic acids is 1. The maximum atomic E-state index is 11.8. The van der Waals surface area contributed by atoms with Gasteiger partial charge in [-0.2, -0.15) is 5.10 Å². The van der Waals surface area contributed by atoms with Crippen molar-refractivity contribution in [3.63, 3.8) is 0 Å². The van der Waals surface area contributed by atoms with E-state index < -0.39 is 17.5 Å². The van der Waals surface area contributed by atoms with Crippen LogP contribution < -0.4 is 4.74 Å². The van der Waals surface area contributed by atoms with Crippen LogP contribution in [0.2, 0.25) is 0 Å². The highest BCUT2D eigenvalue weighted by molar-refractivity contribution is 5.68. The minimum atomic E-state index is -1.10. The Labute approximate surface area is 201 Å². The number of aromatic nitrogens is 2. The molecule has 1 N–H and O–H groups in total. The number of nitro groups is 1. The van der Waals surface area contributed by atoms with Crippen LogP contribution in [0.5, 0.6) is 5.75 Å². The van der Waals surface area contributed by atoms with E-state index in [4.69, 9.17) is 9.84 Å². The van der Waals surface area contributed by atoms with Gasteiger partial charge in [-0.1, -0.05) is 72.8 Å². The summed E-state index contributed by atoms with van der Waals surface area (Å²) in [6.07, 6.45) is 5.00. The Bertz CT molecular complexity index is 1290. The van der Waals surface area contributed by atoms with E-state index in [9.17, 15) is 14.9 Å². The van der Waals surface area contributed by atoms with E-state index in [0.717, 1.165) is 16.7 Å². The molecule has 0 bridgehead atoms. The van der Waals surface area contributed by atoms with Crippen LogP contribution in [0.4, 0.5) is 0 Å². The van der Waals surface area contributed by atoms with Crippen molar-refractivity contribution in [2.75, 3.05) is 6.61 Å². The van der Waals surface area contributed by atoms with Gasteiger partial charge in [-0.15, -0.1) is 0 Å². The molecule has 0 amide bonds. The first-order chi connectivity index (χ1) is 17.0. The Morgan fingerprint density at radius 1 is 1.00 bits per heavy atom. The van der Waals surface area contributed by atoms with E-state index >= 15 is 0 Å². The van der Waals surface area contributed by atoms with Crippen molar-refractivity contribution >= 4 is 12.0 Å². The quantitative estimate of drug-likeness (QED) is 0.263. The maximum Gasteiger partial charge on any atom is 0.341 e. The molecule has 4 rings (SSSR count). The van der Waals surface area contributed by atoms with E-state index in [1.807, 2.05) is 42.6 Å². The number of carbonyl (C=O) groups is 1. The van der Waals surface area contributed by atoms with Crippen molar-refractivity contribution in [1.29, 1.82) is 0 Å². The largest absolute Gasteiger partial charge is 0.482 e. The smallest absolute Gasteiger partial charge is 0.341 e. The van der Waals surface area contributed by atoms with Crippen molar-refractivity contribution in [3.05, 3.63) is 135 Å². The Hall–Kier alpha value is -4.72. The van der Waals surface area contributed by atoms with Gasteiger partial charge < -0.3 is 9.84 Å². The lowest BCUT2D eigenvalue weighted by Crippen LogP contribution is -2.10. The fourth-order valence-corrected chi connectivity index (χ4v) is 3.84. The first-order valence-electron chi connectivity index (χ1n) is 10.9. The minimum Gasteiger partial charge on any atom is -0.482 e. The number of hydrogen-bond donors (Lipinski definition) is 1. The second kappa shape index (κ2) is 10.9. The standard InChI is InChI=1S/C27H23N3O5/c31-26(32)19-35-25-13-7-8-20(15-25)14-24(30(33)34)18-29-17-23(16-28-29)27(21-9-3-1-4-10-21)22-11-5-2-6-12-22/h1-17,27H,18-19H2,(H,31,32). The van der Waals surface area contributed by atoms with Crippen molar-refractivity contribution in [2.24, 2.45) is 0 Å². The first kappa shape index (κ1) is 23.4. The molecule has 8 heteroatoms. The van der Waals surface area contributed by atoms with Crippen LogP contribution in [0, 0.1) is 10.1 Å². The van der Waals surface area contributed by atoms with Crippen molar-refractivity contribution in [2.45, 2.75) is 12.5 Å².